The molecule has 0 bridgehead atoms. The van der Waals surface area contributed by atoms with E-state index in [-0.39, 0.29) is 11.8 Å². The zero-order valence-corrected chi connectivity index (χ0v) is 12.9. The minimum Gasteiger partial charge on any atom is -0.341 e. The molecule has 1 aliphatic heterocycles. The fourth-order valence-corrected chi connectivity index (χ4v) is 2.78. The maximum atomic E-state index is 12.3. The molecule has 20 heavy (non-hydrogen) atoms. The number of benzene rings is 1. The molecule has 0 saturated carbocycles. The second-order valence-corrected chi connectivity index (χ2v) is 5.85. The number of aryl methyl sites for hydroxylation is 1. The van der Waals surface area contributed by atoms with Crippen LogP contribution in [0.3, 0.4) is 0 Å². The number of hydrogen-bond acceptors (Lipinski definition) is 2. The molecule has 1 N–H and O–H groups in total. The Morgan fingerprint density at radius 3 is 2.65 bits per heavy atom. The minimum absolute atomic E-state index is 0.255. The maximum Gasteiger partial charge on any atom is 0.223 e. The van der Waals surface area contributed by atoms with E-state index in [1.807, 2.05) is 11.9 Å². The van der Waals surface area contributed by atoms with E-state index in [9.17, 15) is 4.79 Å². The molecule has 1 saturated heterocycles. The molecule has 1 heterocycles. The van der Waals surface area contributed by atoms with E-state index in [1.165, 1.54) is 11.1 Å². The fraction of sp³-hybridized carbons (Fsp3) is 0.588. The lowest BCUT2D eigenvalue weighted by atomic mass is 9.95. The zero-order valence-electron chi connectivity index (χ0n) is 12.9. The molecular weight excluding hydrogens is 248 g/mol. The van der Waals surface area contributed by atoms with Gasteiger partial charge in [0.25, 0.3) is 0 Å². The minimum atomic E-state index is 0.255. The second kappa shape index (κ2) is 6.89. The maximum absolute atomic E-state index is 12.3. The highest BCUT2D eigenvalue weighted by atomic mass is 16.2. The van der Waals surface area contributed by atoms with Crippen molar-refractivity contribution in [1.29, 1.82) is 0 Å². The van der Waals surface area contributed by atoms with Crippen LogP contribution in [-0.4, -0.2) is 37.0 Å². The van der Waals surface area contributed by atoms with Gasteiger partial charge in [-0.2, -0.15) is 0 Å². The largest absolute Gasteiger partial charge is 0.341 e. The molecule has 0 aliphatic carbocycles. The van der Waals surface area contributed by atoms with Crippen LogP contribution in [-0.2, 0) is 11.2 Å². The summed E-state index contributed by atoms with van der Waals surface area (Å²) in [5.41, 5.74) is 2.61. The van der Waals surface area contributed by atoms with Gasteiger partial charge in [-0.3, -0.25) is 4.79 Å². The third-order valence-electron chi connectivity index (χ3n) is 4.41. The summed E-state index contributed by atoms with van der Waals surface area (Å²) in [5.74, 6) is 0.538. The summed E-state index contributed by atoms with van der Waals surface area (Å²) in [7, 11) is 1.94. The standard InChI is InChI=1S/C17H26N2O/c1-4-14-5-7-15(8-6-14)13(2)11-17(20)19(3)16-9-10-18-12-16/h5-8,13,16,18H,4,9-12H2,1-3H3. The van der Waals surface area contributed by atoms with Crippen LogP contribution < -0.4 is 5.32 Å². The van der Waals surface area contributed by atoms with Crippen molar-refractivity contribution in [3.05, 3.63) is 35.4 Å². The van der Waals surface area contributed by atoms with E-state index in [2.05, 4.69) is 43.4 Å². The van der Waals surface area contributed by atoms with E-state index < -0.39 is 0 Å². The molecule has 0 aromatic heterocycles. The molecule has 2 atom stereocenters. The fourth-order valence-electron chi connectivity index (χ4n) is 2.78. The van der Waals surface area contributed by atoms with Crippen molar-refractivity contribution >= 4 is 5.91 Å². The topological polar surface area (TPSA) is 32.3 Å². The van der Waals surface area contributed by atoms with Gasteiger partial charge in [0.1, 0.15) is 0 Å². The molecule has 110 valence electrons. The Morgan fingerprint density at radius 1 is 1.40 bits per heavy atom. The van der Waals surface area contributed by atoms with Crippen LogP contribution in [0.4, 0.5) is 0 Å². The lowest BCUT2D eigenvalue weighted by molar-refractivity contribution is -0.132. The Balaban J connectivity index is 1.92. The van der Waals surface area contributed by atoms with Gasteiger partial charge < -0.3 is 10.2 Å². The van der Waals surface area contributed by atoms with Crippen LogP contribution in [0.1, 0.15) is 43.7 Å². The summed E-state index contributed by atoms with van der Waals surface area (Å²) in [6.07, 6.45) is 2.73. The summed E-state index contributed by atoms with van der Waals surface area (Å²) < 4.78 is 0. The third kappa shape index (κ3) is 3.60. The first kappa shape index (κ1) is 15.0. The molecule has 3 nitrogen and oxygen atoms in total. The van der Waals surface area contributed by atoms with Gasteiger partial charge in [0, 0.05) is 26.1 Å². The van der Waals surface area contributed by atoms with Crippen LogP contribution in [0.5, 0.6) is 0 Å². The quantitative estimate of drug-likeness (QED) is 0.895. The van der Waals surface area contributed by atoms with Crippen LogP contribution in [0.25, 0.3) is 0 Å². The van der Waals surface area contributed by atoms with Crippen molar-refractivity contribution in [2.45, 2.75) is 45.1 Å². The van der Waals surface area contributed by atoms with E-state index in [0.29, 0.717) is 12.5 Å². The van der Waals surface area contributed by atoms with Crippen LogP contribution in [0, 0.1) is 0 Å². The Hall–Kier alpha value is -1.35. The van der Waals surface area contributed by atoms with Gasteiger partial charge in [-0.1, -0.05) is 38.1 Å². The molecule has 1 aliphatic rings. The SMILES string of the molecule is CCc1ccc(C(C)CC(=O)N(C)C2CCNC2)cc1. The Labute approximate surface area is 122 Å². The Bertz CT molecular complexity index is 435. The summed E-state index contributed by atoms with van der Waals surface area (Å²) in [5, 5.41) is 3.31. The molecule has 1 fully saturated rings. The zero-order chi connectivity index (χ0) is 14.5. The van der Waals surface area contributed by atoms with Crippen LogP contribution in [0.15, 0.2) is 24.3 Å². The summed E-state index contributed by atoms with van der Waals surface area (Å²) in [4.78, 5) is 14.3. The normalized spacial score (nSPS) is 19.9. The highest BCUT2D eigenvalue weighted by molar-refractivity contribution is 5.77. The predicted octanol–water partition coefficient (Wildman–Crippen LogP) is 2.56. The highest BCUT2D eigenvalue weighted by Crippen LogP contribution is 2.21. The number of rotatable bonds is 5. The average molecular weight is 274 g/mol. The van der Waals surface area contributed by atoms with Gasteiger partial charge in [-0.15, -0.1) is 0 Å². The lowest BCUT2D eigenvalue weighted by Crippen LogP contribution is -2.38. The monoisotopic (exact) mass is 274 g/mol. The number of hydrogen-bond donors (Lipinski definition) is 1. The van der Waals surface area contributed by atoms with Crippen LogP contribution in [0.2, 0.25) is 0 Å². The molecule has 0 radical (unpaired) electrons. The van der Waals surface area contributed by atoms with Crippen molar-refractivity contribution in [3.63, 3.8) is 0 Å². The summed E-state index contributed by atoms with van der Waals surface area (Å²) >= 11 is 0. The number of nitrogens with one attached hydrogen (secondary N) is 1. The van der Waals surface area contributed by atoms with Crippen LogP contribution >= 0.6 is 0 Å². The van der Waals surface area contributed by atoms with Crippen molar-refractivity contribution in [2.24, 2.45) is 0 Å². The lowest BCUT2D eigenvalue weighted by Gasteiger charge is -2.25. The second-order valence-electron chi connectivity index (χ2n) is 5.85. The first-order valence-corrected chi connectivity index (χ1v) is 7.67. The summed E-state index contributed by atoms with van der Waals surface area (Å²) in [6.45, 7) is 6.25. The van der Waals surface area contributed by atoms with Gasteiger partial charge >= 0.3 is 0 Å². The molecule has 2 rings (SSSR count). The van der Waals surface area contributed by atoms with E-state index >= 15 is 0 Å². The molecular formula is C17H26N2O. The van der Waals surface area contributed by atoms with Gasteiger partial charge in [-0.25, -0.2) is 0 Å². The molecule has 1 aromatic rings. The smallest absolute Gasteiger partial charge is 0.223 e. The molecule has 1 amide bonds. The van der Waals surface area contributed by atoms with E-state index in [4.69, 9.17) is 0 Å². The average Bonchev–Trinajstić information content (AvgIpc) is 3.00. The first-order chi connectivity index (χ1) is 9.61. The third-order valence-corrected chi connectivity index (χ3v) is 4.41. The Morgan fingerprint density at radius 2 is 2.10 bits per heavy atom. The highest BCUT2D eigenvalue weighted by Gasteiger charge is 2.24. The number of carbonyl (C=O) groups excluding carboxylic acids is 1. The number of amides is 1. The van der Waals surface area contributed by atoms with Gasteiger partial charge in [0.15, 0.2) is 0 Å². The van der Waals surface area contributed by atoms with Gasteiger partial charge in [0.05, 0.1) is 0 Å². The van der Waals surface area contributed by atoms with Gasteiger partial charge in [0.2, 0.25) is 5.91 Å². The molecule has 3 heteroatoms. The molecule has 0 spiro atoms. The van der Waals surface area contributed by atoms with E-state index in [1.54, 1.807) is 0 Å². The van der Waals surface area contributed by atoms with Crippen molar-refractivity contribution < 1.29 is 4.79 Å². The molecule has 1 aromatic carbocycles. The van der Waals surface area contributed by atoms with E-state index in [0.717, 1.165) is 25.9 Å². The van der Waals surface area contributed by atoms with Crippen molar-refractivity contribution in [3.8, 4) is 0 Å². The first-order valence-electron chi connectivity index (χ1n) is 7.67. The summed E-state index contributed by atoms with van der Waals surface area (Å²) in [6, 6.07) is 9.03. The number of nitrogens with zero attached hydrogens (tertiary/aromatic N) is 1. The predicted molar refractivity (Wildman–Crippen MR) is 82.9 cm³/mol. The van der Waals surface area contributed by atoms with Crippen molar-refractivity contribution in [1.82, 2.24) is 10.2 Å². The van der Waals surface area contributed by atoms with Crippen molar-refractivity contribution in [2.75, 3.05) is 20.1 Å². The van der Waals surface area contributed by atoms with Gasteiger partial charge in [-0.05, 0) is 36.4 Å². The number of carbonyl (C=O) groups is 1. The Kier molecular flexibility index (Phi) is 5.18. The molecule has 2 unspecified atom stereocenters. The number of likely N-dealkylation sites (N-methyl/N-ethyl adjacent to an activating group) is 1.